The van der Waals surface area contributed by atoms with Crippen LogP contribution in [0.25, 0.3) is 0 Å². The lowest BCUT2D eigenvalue weighted by Gasteiger charge is -2.34. The largest absolute Gasteiger partial charge is 0.335 e. The molecule has 2 amide bonds. The quantitative estimate of drug-likeness (QED) is 0.739. The van der Waals surface area contributed by atoms with Crippen LogP contribution in [0, 0.1) is 0 Å². The SMILES string of the molecule is CCN1CCN(C(=O)c2n[nH]c3c2CN(C(=O)c2ccc(CCCl)cc2)CC3)CC1. The number of halogens is 1. The van der Waals surface area contributed by atoms with E-state index in [4.69, 9.17) is 11.6 Å². The number of benzene rings is 1. The number of carbonyl (C=O) groups excluding carboxylic acids is 2. The Hall–Kier alpha value is -2.38. The van der Waals surface area contributed by atoms with Crippen molar-refractivity contribution in [1.82, 2.24) is 24.9 Å². The fourth-order valence-electron chi connectivity index (χ4n) is 4.17. The zero-order valence-electron chi connectivity index (χ0n) is 17.4. The molecule has 0 atom stereocenters. The maximum Gasteiger partial charge on any atom is 0.274 e. The standard InChI is InChI=1S/C22H28ClN5O2/c1-2-26-11-13-27(14-12-26)22(30)20-18-15-28(10-8-19(18)24-25-20)21(29)17-5-3-16(4-6-17)7-9-23/h3-6H,2,7-15H2,1H3,(H,24,25). The van der Waals surface area contributed by atoms with Crippen molar-refractivity contribution in [3.63, 3.8) is 0 Å². The lowest BCUT2D eigenvalue weighted by atomic mass is 10.0. The highest BCUT2D eigenvalue weighted by Gasteiger charge is 2.31. The van der Waals surface area contributed by atoms with Crippen LogP contribution in [0.5, 0.6) is 0 Å². The van der Waals surface area contributed by atoms with E-state index >= 15 is 0 Å². The monoisotopic (exact) mass is 429 g/mol. The summed E-state index contributed by atoms with van der Waals surface area (Å²) in [7, 11) is 0. The minimum Gasteiger partial charge on any atom is -0.335 e. The van der Waals surface area contributed by atoms with Crippen LogP contribution < -0.4 is 0 Å². The smallest absolute Gasteiger partial charge is 0.274 e. The van der Waals surface area contributed by atoms with Crippen LogP contribution in [0.15, 0.2) is 24.3 Å². The second kappa shape index (κ2) is 9.18. The first-order valence-corrected chi connectivity index (χ1v) is 11.2. The van der Waals surface area contributed by atoms with Crippen LogP contribution in [0.3, 0.4) is 0 Å². The van der Waals surface area contributed by atoms with Crippen LogP contribution in [0.1, 0.15) is 44.6 Å². The van der Waals surface area contributed by atoms with Gasteiger partial charge in [0.05, 0.1) is 6.54 Å². The van der Waals surface area contributed by atoms with Crippen molar-refractivity contribution in [2.75, 3.05) is 45.1 Å². The number of hydrogen-bond donors (Lipinski definition) is 1. The number of nitrogens with zero attached hydrogens (tertiary/aromatic N) is 4. The molecule has 0 spiro atoms. The third-order valence-corrected chi connectivity index (χ3v) is 6.30. The number of aromatic nitrogens is 2. The summed E-state index contributed by atoms with van der Waals surface area (Å²) in [6.45, 7) is 7.36. The van der Waals surface area contributed by atoms with Crippen molar-refractivity contribution in [1.29, 1.82) is 0 Å². The second-order valence-electron chi connectivity index (χ2n) is 7.87. The lowest BCUT2D eigenvalue weighted by Crippen LogP contribution is -2.48. The molecule has 1 saturated heterocycles. The van der Waals surface area contributed by atoms with E-state index in [0.717, 1.165) is 42.9 Å². The number of amides is 2. The van der Waals surface area contributed by atoms with Crippen LogP contribution in [0.2, 0.25) is 0 Å². The molecular formula is C22H28ClN5O2. The van der Waals surface area contributed by atoms with Gasteiger partial charge in [0.25, 0.3) is 11.8 Å². The Bertz CT molecular complexity index is 903. The Morgan fingerprint density at radius 2 is 1.77 bits per heavy atom. The maximum atomic E-state index is 13.1. The van der Waals surface area contributed by atoms with Gasteiger partial charge in [0, 0.05) is 61.8 Å². The van der Waals surface area contributed by atoms with Crippen LogP contribution in [-0.2, 0) is 19.4 Å². The van der Waals surface area contributed by atoms with Gasteiger partial charge in [-0.15, -0.1) is 11.6 Å². The van der Waals surface area contributed by atoms with Gasteiger partial charge in [-0.1, -0.05) is 19.1 Å². The molecule has 1 N–H and O–H groups in total. The highest BCUT2D eigenvalue weighted by Crippen LogP contribution is 2.23. The molecule has 2 aliphatic heterocycles. The van der Waals surface area contributed by atoms with Gasteiger partial charge in [-0.3, -0.25) is 14.7 Å². The van der Waals surface area contributed by atoms with E-state index in [-0.39, 0.29) is 11.8 Å². The minimum absolute atomic E-state index is 0.0192. The molecule has 1 aromatic heterocycles. The Morgan fingerprint density at radius 1 is 1.03 bits per heavy atom. The first kappa shape index (κ1) is 20.9. The van der Waals surface area contributed by atoms with Crippen molar-refractivity contribution in [3.8, 4) is 0 Å². The number of hydrogen-bond acceptors (Lipinski definition) is 4. The number of nitrogens with one attached hydrogen (secondary N) is 1. The van der Waals surface area contributed by atoms with Gasteiger partial charge < -0.3 is 14.7 Å². The average molecular weight is 430 g/mol. The van der Waals surface area contributed by atoms with Crippen molar-refractivity contribution >= 4 is 23.4 Å². The summed E-state index contributed by atoms with van der Waals surface area (Å²) in [5.41, 5.74) is 4.06. The Morgan fingerprint density at radius 3 is 2.43 bits per heavy atom. The molecular weight excluding hydrogens is 402 g/mol. The Labute approximate surface area is 182 Å². The van der Waals surface area contributed by atoms with Crippen molar-refractivity contribution in [2.45, 2.75) is 26.3 Å². The van der Waals surface area contributed by atoms with E-state index in [1.54, 1.807) is 4.90 Å². The Kier molecular flexibility index (Phi) is 6.39. The summed E-state index contributed by atoms with van der Waals surface area (Å²) >= 11 is 5.79. The van der Waals surface area contributed by atoms with Crippen molar-refractivity contribution in [3.05, 3.63) is 52.3 Å². The third kappa shape index (κ3) is 4.23. The Balaban J connectivity index is 1.46. The van der Waals surface area contributed by atoms with Gasteiger partial charge in [0.1, 0.15) is 0 Å². The predicted molar refractivity (Wildman–Crippen MR) is 116 cm³/mol. The molecule has 0 aliphatic carbocycles. The van der Waals surface area contributed by atoms with Crippen molar-refractivity contribution in [2.24, 2.45) is 0 Å². The maximum absolute atomic E-state index is 13.1. The summed E-state index contributed by atoms with van der Waals surface area (Å²) in [6, 6.07) is 7.62. The van der Waals surface area contributed by atoms with E-state index in [9.17, 15) is 9.59 Å². The van der Waals surface area contributed by atoms with Crippen LogP contribution >= 0.6 is 11.6 Å². The third-order valence-electron chi connectivity index (χ3n) is 6.11. The molecule has 30 heavy (non-hydrogen) atoms. The van der Waals surface area contributed by atoms with E-state index in [1.807, 2.05) is 29.2 Å². The molecule has 2 aromatic rings. The molecule has 0 saturated carbocycles. The molecule has 0 bridgehead atoms. The van der Waals surface area contributed by atoms with E-state index in [1.165, 1.54) is 0 Å². The summed E-state index contributed by atoms with van der Waals surface area (Å²) in [5, 5.41) is 7.36. The van der Waals surface area contributed by atoms with Crippen LogP contribution in [0.4, 0.5) is 0 Å². The predicted octanol–water partition coefficient (Wildman–Crippen LogP) is 2.17. The molecule has 2 aliphatic rings. The fraction of sp³-hybridized carbons (Fsp3) is 0.500. The summed E-state index contributed by atoms with van der Waals surface area (Å²) in [6.07, 6.45) is 1.46. The van der Waals surface area contributed by atoms with Gasteiger partial charge in [0.15, 0.2) is 5.69 Å². The molecule has 0 radical (unpaired) electrons. The molecule has 4 rings (SSSR count). The molecule has 8 heteroatoms. The minimum atomic E-state index is -0.0389. The van der Waals surface area contributed by atoms with Gasteiger partial charge in [-0.2, -0.15) is 5.10 Å². The van der Waals surface area contributed by atoms with Gasteiger partial charge >= 0.3 is 0 Å². The average Bonchev–Trinajstić information content (AvgIpc) is 3.22. The molecule has 1 fully saturated rings. The molecule has 0 unspecified atom stereocenters. The van der Waals surface area contributed by atoms with Gasteiger partial charge in [-0.05, 0) is 30.7 Å². The highest BCUT2D eigenvalue weighted by atomic mass is 35.5. The zero-order chi connectivity index (χ0) is 21.1. The second-order valence-corrected chi connectivity index (χ2v) is 8.25. The normalized spacial score (nSPS) is 17.1. The van der Waals surface area contributed by atoms with Gasteiger partial charge in [0.2, 0.25) is 0 Å². The van der Waals surface area contributed by atoms with Crippen LogP contribution in [-0.4, -0.2) is 81.9 Å². The number of rotatable bonds is 5. The first-order valence-electron chi connectivity index (χ1n) is 10.6. The number of fused-ring (bicyclic) bond motifs is 1. The van der Waals surface area contributed by atoms with E-state index in [0.29, 0.717) is 49.7 Å². The number of alkyl halides is 1. The zero-order valence-corrected chi connectivity index (χ0v) is 18.1. The first-order chi connectivity index (χ1) is 14.6. The molecule has 7 nitrogen and oxygen atoms in total. The summed E-state index contributed by atoms with van der Waals surface area (Å²) in [5.74, 6) is 0.504. The van der Waals surface area contributed by atoms with Gasteiger partial charge in [-0.25, -0.2) is 0 Å². The number of aromatic amines is 1. The summed E-state index contributed by atoms with van der Waals surface area (Å²) < 4.78 is 0. The number of piperazine rings is 1. The molecule has 3 heterocycles. The van der Waals surface area contributed by atoms with E-state index < -0.39 is 0 Å². The number of H-pyrrole nitrogens is 1. The molecule has 1 aromatic carbocycles. The fourth-order valence-corrected chi connectivity index (χ4v) is 4.39. The number of aryl methyl sites for hydroxylation is 1. The lowest BCUT2D eigenvalue weighted by molar-refractivity contribution is 0.0629. The number of carbonyl (C=O) groups is 2. The van der Waals surface area contributed by atoms with E-state index in [2.05, 4.69) is 22.0 Å². The number of likely N-dealkylation sites (N-methyl/N-ethyl adjacent to an activating group) is 1. The summed E-state index contributed by atoms with van der Waals surface area (Å²) in [4.78, 5) is 32.1. The highest BCUT2D eigenvalue weighted by molar-refractivity contribution is 6.18. The topological polar surface area (TPSA) is 72.5 Å². The van der Waals surface area contributed by atoms with Crippen molar-refractivity contribution < 1.29 is 9.59 Å². The molecule has 160 valence electrons.